The minimum absolute atomic E-state index is 0.316. The summed E-state index contributed by atoms with van der Waals surface area (Å²) in [5.74, 6) is 0.729. The van der Waals surface area contributed by atoms with Crippen molar-refractivity contribution >= 4 is 0 Å². The van der Waals surface area contributed by atoms with Crippen molar-refractivity contribution in [2.45, 2.75) is 89.9 Å². The van der Waals surface area contributed by atoms with Gasteiger partial charge in [0.15, 0.2) is 0 Å². The fourth-order valence-corrected chi connectivity index (χ4v) is 3.78. The molecule has 2 fully saturated rings. The fraction of sp³-hybridized carbons (Fsp3) is 1.00. The van der Waals surface area contributed by atoms with Crippen molar-refractivity contribution in [2.24, 2.45) is 5.92 Å². The third-order valence-corrected chi connectivity index (χ3v) is 4.92. The molecule has 1 aliphatic carbocycles. The molecule has 0 radical (unpaired) electrons. The van der Waals surface area contributed by atoms with Crippen LogP contribution >= 0.6 is 0 Å². The van der Waals surface area contributed by atoms with Gasteiger partial charge in [-0.3, -0.25) is 0 Å². The normalized spacial score (nSPS) is 28.3. The molecule has 0 aromatic carbocycles. The summed E-state index contributed by atoms with van der Waals surface area (Å²) in [5, 5.41) is 3.61. The van der Waals surface area contributed by atoms with Gasteiger partial charge in [-0.2, -0.15) is 0 Å². The molecule has 1 heterocycles. The van der Waals surface area contributed by atoms with E-state index in [9.17, 15) is 0 Å². The molecule has 1 saturated heterocycles. The van der Waals surface area contributed by atoms with Crippen LogP contribution in [0.5, 0.6) is 0 Å². The Labute approximate surface area is 113 Å². The van der Waals surface area contributed by atoms with Gasteiger partial charge in [0.2, 0.25) is 0 Å². The summed E-state index contributed by atoms with van der Waals surface area (Å²) in [7, 11) is 0. The molecule has 2 heteroatoms. The maximum atomic E-state index is 6.39. The average molecular weight is 253 g/mol. The molecule has 2 nitrogen and oxygen atoms in total. The molecule has 2 atom stereocenters. The first kappa shape index (κ1) is 14.3. The predicted molar refractivity (Wildman–Crippen MR) is 76.8 cm³/mol. The maximum absolute atomic E-state index is 6.39. The minimum atomic E-state index is 0.316. The summed E-state index contributed by atoms with van der Waals surface area (Å²) in [4.78, 5) is 0. The second kappa shape index (κ2) is 6.38. The van der Waals surface area contributed by atoms with Gasteiger partial charge < -0.3 is 10.1 Å². The second-order valence-electron chi connectivity index (χ2n) is 6.65. The van der Waals surface area contributed by atoms with E-state index in [2.05, 4.69) is 26.1 Å². The summed E-state index contributed by atoms with van der Waals surface area (Å²) in [6.07, 6.45) is 11.1. The van der Waals surface area contributed by atoms with Crippen LogP contribution in [0.3, 0.4) is 0 Å². The van der Waals surface area contributed by atoms with Crippen molar-refractivity contribution in [1.82, 2.24) is 5.32 Å². The Balaban J connectivity index is 1.74. The standard InChI is InChI=1S/C16H31NO/c1-4-17-15(13(2)3)8-7-14-9-12-16(18-14)10-5-6-11-16/h13-15,17H,4-12H2,1-3H3. The lowest BCUT2D eigenvalue weighted by atomic mass is 9.95. The quantitative estimate of drug-likeness (QED) is 0.775. The van der Waals surface area contributed by atoms with Crippen molar-refractivity contribution in [2.75, 3.05) is 6.54 Å². The molecule has 1 aliphatic heterocycles. The Morgan fingerprint density at radius 2 is 1.94 bits per heavy atom. The predicted octanol–water partition coefficient (Wildman–Crippen LogP) is 3.89. The van der Waals surface area contributed by atoms with Gasteiger partial charge in [-0.15, -0.1) is 0 Å². The molecule has 0 aromatic rings. The van der Waals surface area contributed by atoms with E-state index in [0.29, 0.717) is 17.7 Å². The van der Waals surface area contributed by atoms with E-state index < -0.39 is 0 Å². The topological polar surface area (TPSA) is 21.3 Å². The van der Waals surface area contributed by atoms with Crippen LogP contribution in [0.4, 0.5) is 0 Å². The van der Waals surface area contributed by atoms with E-state index in [1.165, 1.54) is 51.4 Å². The summed E-state index contributed by atoms with van der Waals surface area (Å²) in [6, 6.07) is 0.665. The van der Waals surface area contributed by atoms with E-state index in [1.54, 1.807) is 0 Å². The highest BCUT2D eigenvalue weighted by atomic mass is 16.5. The molecule has 1 spiro atoms. The molecule has 2 aliphatic rings. The van der Waals surface area contributed by atoms with Crippen LogP contribution < -0.4 is 5.32 Å². The number of rotatable bonds is 6. The van der Waals surface area contributed by atoms with Crippen molar-refractivity contribution in [3.05, 3.63) is 0 Å². The first-order chi connectivity index (χ1) is 8.65. The number of hydrogen-bond acceptors (Lipinski definition) is 2. The lowest BCUT2D eigenvalue weighted by Crippen LogP contribution is -2.34. The molecule has 1 saturated carbocycles. The summed E-state index contributed by atoms with van der Waals surface area (Å²) in [6.45, 7) is 7.93. The zero-order valence-electron chi connectivity index (χ0n) is 12.5. The summed E-state index contributed by atoms with van der Waals surface area (Å²) < 4.78 is 6.39. The van der Waals surface area contributed by atoms with Gasteiger partial charge in [0, 0.05) is 6.04 Å². The molecule has 0 amide bonds. The lowest BCUT2D eigenvalue weighted by Gasteiger charge is -2.26. The van der Waals surface area contributed by atoms with Gasteiger partial charge in [-0.1, -0.05) is 33.6 Å². The van der Waals surface area contributed by atoms with Crippen molar-refractivity contribution in [1.29, 1.82) is 0 Å². The second-order valence-corrected chi connectivity index (χ2v) is 6.65. The largest absolute Gasteiger partial charge is 0.372 e. The van der Waals surface area contributed by atoms with E-state index in [4.69, 9.17) is 4.74 Å². The third-order valence-electron chi connectivity index (χ3n) is 4.92. The van der Waals surface area contributed by atoms with Gasteiger partial charge in [0.05, 0.1) is 11.7 Å². The first-order valence-electron chi connectivity index (χ1n) is 8.06. The van der Waals surface area contributed by atoms with E-state index >= 15 is 0 Å². The van der Waals surface area contributed by atoms with Crippen LogP contribution in [-0.4, -0.2) is 24.3 Å². The SMILES string of the molecule is CCNC(CCC1CCC2(CCCC2)O1)C(C)C. The van der Waals surface area contributed by atoms with Crippen LogP contribution in [-0.2, 0) is 4.74 Å². The molecule has 106 valence electrons. The third kappa shape index (κ3) is 3.48. The Kier molecular flexibility index (Phi) is 5.08. The number of hydrogen-bond donors (Lipinski definition) is 1. The molecular formula is C16H31NO. The maximum Gasteiger partial charge on any atom is 0.0687 e. The van der Waals surface area contributed by atoms with Crippen molar-refractivity contribution < 1.29 is 4.74 Å². The van der Waals surface area contributed by atoms with Gasteiger partial charge in [-0.25, -0.2) is 0 Å². The van der Waals surface area contributed by atoms with E-state index in [-0.39, 0.29) is 0 Å². The first-order valence-corrected chi connectivity index (χ1v) is 8.06. The van der Waals surface area contributed by atoms with E-state index in [1.807, 2.05) is 0 Å². The molecule has 1 N–H and O–H groups in total. The smallest absolute Gasteiger partial charge is 0.0687 e. The van der Waals surface area contributed by atoms with E-state index in [0.717, 1.165) is 12.5 Å². The highest BCUT2D eigenvalue weighted by Crippen LogP contribution is 2.44. The molecule has 2 unspecified atom stereocenters. The van der Waals surface area contributed by atoms with Crippen LogP contribution in [0.2, 0.25) is 0 Å². The number of nitrogens with one attached hydrogen (secondary N) is 1. The fourth-order valence-electron chi connectivity index (χ4n) is 3.78. The van der Waals surface area contributed by atoms with Crippen molar-refractivity contribution in [3.8, 4) is 0 Å². The Bertz CT molecular complexity index is 245. The molecule has 2 rings (SSSR count). The Morgan fingerprint density at radius 3 is 2.56 bits per heavy atom. The zero-order chi connectivity index (χ0) is 13.0. The van der Waals surface area contributed by atoms with Crippen LogP contribution in [0.25, 0.3) is 0 Å². The van der Waals surface area contributed by atoms with Crippen LogP contribution in [0.15, 0.2) is 0 Å². The lowest BCUT2D eigenvalue weighted by molar-refractivity contribution is -0.0404. The zero-order valence-corrected chi connectivity index (χ0v) is 12.5. The summed E-state index contributed by atoms with van der Waals surface area (Å²) >= 11 is 0. The van der Waals surface area contributed by atoms with Gasteiger partial charge >= 0.3 is 0 Å². The highest BCUT2D eigenvalue weighted by Gasteiger charge is 2.41. The molecular weight excluding hydrogens is 222 g/mol. The minimum Gasteiger partial charge on any atom is -0.372 e. The highest BCUT2D eigenvalue weighted by molar-refractivity contribution is 4.93. The summed E-state index contributed by atoms with van der Waals surface area (Å²) in [5.41, 5.74) is 0.316. The van der Waals surface area contributed by atoms with Crippen LogP contribution in [0, 0.1) is 5.92 Å². The van der Waals surface area contributed by atoms with Gasteiger partial charge in [0.25, 0.3) is 0 Å². The van der Waals surface area contributed by atoms with Gasteiger partial charge in [0.1, 0.15) is 0 Å². The number of ether oxygens (including phenoxy) is 1. The molecule has 0 bridgehead atoms. The Morgan fingerprint density at radius 1 is 1.22 bits per heavy atom. The monoisotopic (exact) mass is 253 g/mol. The van der Waals surface area contributed by atoms with Crippen LogP contribution in [0.1, 0.15) is 72.1 Å². The molecule has 0 aromatic heterocycles. The molecule has 18 heavy (non-hydrogen) atoms. The van der Waals surface area contributed by atoms with Crippen molar-refractivity contribution in [3.63, 3.8) is 0 Å². The average Bonchev–Trinajstić information content (AvgIpc) is 2.95. The Hall–Kier alpha value is -0.0800. The van der Waals surface area contributed by atoms with Gasteiger partial charge in [-0.05, 0) is 51.0 Å².